The summed E-state index contributed by atoms with van der Waals surface area (Å²) in [6.45, 7) is 1.48. The first-order chi connectivity index (χ1) is 17.4. The van der Waals surface area contributed by atoms with Gasteiger partial charge >= 0.3 is 11.9 Å². The lowest BCUT2D eigenvalue weighted by Crippen LogP contribution is -2.21. The number of esters is 2. The molecule has 186 valence electrons. The van der Waals surface area contributed by atoms with Gasteiger partial charge in [-0.3, -0.25) is 14.4 Å². The predicted octanol–water partition coefficient (Wildman–Crippen LogP) is 4.56. The molecule has 3 aromatic carbocycles. The number of benzene rings is 3. The van der Waals surface area contributed by atoms with Crippen molar-refractivity contribution < 1.29 is 33.4 Å². The van der Waals surface area contributed by atoms with E-state index in [1.807, 2.05) is 30.3 Å². The van der Waals surface area contributed by atoms with Crippen LogP contribution in [-0.2, 0) is 23.9 Å². The van der Waals surface area contributed by atoms with E-state index in [-0.39, 0.29) is 25.4 Å². The Morgan fingerprint density at radius 2 is 1.25 bits per heavy atom. The van der Waals surface area contributed by atoms with E-state index in [1.165, 1.54) is 24.3 Å². The molecule has 36 heavy (non-hydrogen) atoms. The smallest absolute Gasteiger partial charge is 0.338 e. The minimum atomic E-state index is -0.676. The topological polar surface area (TPSA) is 120 Å². The lowest BCUT2D eigenvalue weighted by molar-refractivity contribution is -0.147. The van der Waals surface area contributed by atoms with Crippen LogP contribution in [0.2, 0.25) is 0 Å². The van der Waals surface area contributed by atoms with E-state index in [4.69, 9.17) is 14.2 Å². The summed E-state index contributed by atoms with van der Waals surface area (Å²) < 4.78 is 15.5. The maximum absolute atomic E-state index is 12.1. The van der Waals surface area contributed by atoms with Crippen LogP contribution in [0.15, 0.2) is 78.9 Å². The minimum Gasteiger partial charge on any atom is -0.462 e. The van der Waals surface area contributed by atoms with E-state index in [0.29, 0.717) is 28.4 Å². The maximum Gasteiger partial charge on any atom is 0.338 e. The van der Waals surface area contributed by atoms with Crippen LogP contribution in [0.5, 0.6) is 11.5 Å². The predicted molar refractivity (Wildman–Crippen MR) is 133 cm³/mol. The van der Waals surface area contributed by atoms with Crippen LogP contribution < -0.4 is 15.4 Å². The third-order valence-corrected chi connectivity index (χ3v) is 4.72. The van der Waals surface area contributed by atoms with E-state index in [1.54, 1.807) is 31.2 Å². The average molecular weight is 491 g/mol. The van der Waals surface area contributed by atoms with Gasteiger partial charge in [-0.25, -0.2) is 4.79 Å². The van der Waals surface area contributed by atoms with E-state index < -0.39 is 24.5 Å². The molecule has 0 saturated heterocycles. The third kappa shape index (κ3) is 8.60. The molecule has 2 amide bonds. The van der Waals surface area contributed by atoms with Gasteiger partial charge in [-0.15, -0.1) is 0 Å². The van der Waals surface area contributed by atoms with Gasteiger partial charge in [0.15, 0.2) is 6.61 Å². The molecule has 0 atom stereocenters. The van der Waals surface area contributed by atoms with Crippen LogP contribution in [0.3, 0.4) is 0 Å². The van der Waals surface area contributed by atoms with E-state index in [9.17, 15) is 19.2 Å². The molecule has 0 radical (unpaired) electrons. The first-order valence-electron chi connectivity index (χ1n) is 11.3. The van der Waals surface area contributed by atoms with Crippen molar-refractivity contribution >= 4 is 35.1 Å². The van der Waals surface area contributed by atoms with Gasteiger partial charge in [-0.1, -0.05) is 18.2 Å². The molecule has 3 aromatic rings. The van der Waals surface area contributed by atoms with Crippen molar-refractivity contribution in [3.63, 3.8) is 0 Å². The second-order valence-electron chi connectivity index (χ2n) is 7.49. The number of amides is 2. The fourth-order valence-electron chi connectivity index (χ4n) is 2.99. The highest BCUT2D eigenvalue weighted by Crippen LogP contribution is 2.22. The standard InChI is InChI=1S/C27H26N2O7/c1-2-34-27(33)19-8-10-20(11-9-19)29-25(31)18-35-26(32)17-16-24(30)28-21-12-14-23(15-13-21)36-22-6-4-3-5-7-22/h3-15H,2,16-18H2,1H3,(H,28,30)(H,29,31). The summed E-state index contributed by atoms with van der Waals surface area (Å²) in [6, 6.07) is 22.2. The summed E-state index contributed by atoms with van der Waals surface area (Å²) in [5, 5.41) is 5.25. The molecular weight excluding hydrogens is 464 g/mol. The number of nitrogens with one attached hydrogen (secondary N) is 2. The number of rotatable bonds is 11. The molecule has 9 heteroatoms. The van der Waals surface area contributed by atoms with Crippen LogP contribution >= 0.6 is 0 Å². The summed E-state index contributed by atoms with van der Waals surface area (Å²) in [7, 11) is 0. The second-order valence-corrected chi connectivity index (χ2v) is 7.49. The zero-order chi connectivity index (χ0) is 25.8. The largest absolute Gasteiger partial charge is 0.462 e. The number of para-hydroxylation sites is 1. The Kier molecular flexibility index (Phi) is 9.58. The summed E-state index contributed by atoms with van der Waals surface area (Å²) in [5.41, 5.74) is 1.35. The Balaban J connectivity index is 1.34. The quantitative estimate of drug-likeness (QED) is 0.378. The highest BCUT2D eigenvalue weighted by Gasteiger charge is 2.12. The van der Waals surface area contributed by atoms with E-state index in [2.05, 4.69) is 10.6 Å². The summed E-state index contributed by atoms with van der Waals surface area (Å²) in [4.78, 5) is 47.7. The van der Waals surface area contributed by atoms with E-state index in [0.717, 1.165) is 0 Å². The Bertz CT molecular complexity index is 1180. The first-order valence-corrected chi connectivity index (χ1v) is 11.3. The molecule has 0 fully saturated rings. The van der Waals surface area contributed by atoms with Crippen LogP contribution in [0.1, 0.15) is 30.1 Å². The number of carbonyl (C=O) groups excluding carboxylic acids is 4. The van der Waals surface area contributed by atoms with Crippen molar-refractivity contribution in [1.82, 2.24) is 0 Å². The maximum atomic E-state index is 12.1. The van der Waals surface area contributed by atoms with Crippen LogP contribution in [-0.4, -0.2) is 37.0 Å². The highest BCUT2D eigenvalue weighted by atomic mass is 16.5. The summed E-state index contributed by atoms with van der Waals surface area (Å²) in [5.74, 6) is -0.722. The molecule has 0 unspecified atom stereocenters. The molecule has 9 nitrogen and oxygen atoms in total. The van der Waals surface area contributed by atoms with Crippen LogP contribution in [0.4, 0.5) is 11.4 Å². The fourth-order valence-corrected chi connectivity index (χ4v) is 2.99. The molecular formula is C27H26N2O7. The van der Waals surface area contributed by atoms with Crippen molar-refractivity contribution in [2.24, 2.45) is 0 Å². The molecule has 2 N–H and O–H groups in total. The van der Waals surface area contributed by atoms with Gasteiger partial charge in [0, 0.05) is 17.8 Å². The Hall–Kier alpha value is -4.66. The van der Waals surface area contributed by atoms with E-state index >= 15 is 0 Å². The van der Waals surface area contributed by atoms with Gasteiger partial charge < -0.3 is 24.8 Å². The fraction of sp³-hybridized carbons (Fsp3) is 0.185. The zero-order valence-electron chi connectivity index (χ0n) is 19.7. The van der Waals surface area contributed by atoms with Gasteiger partial charge in [0.05, 0.1) is 18.6 Å². The van der Waals surface area contributed by atoms with Crippen molar-refractivity contribution in [3.05, 3.63) is 84.4 Å². The van der Waals surface area contributed by atoms with Crippen molar-refractivity contribution in [1.29, 1.82) is 0 Å². The Morgan fingerprint density at radius 1 is 0.667 bits per heavy atom. The molecule has 3 rings (SSSR count). The third-order valence-electron chi connectivity index (χ3n) is 4.72. The van der Waals surface area contributed by atoms with Crippen LogP contribution in [0, 0.1) is 0 Å². The van der Waals surface area contributed by atoms with Gasteiger partial charge in [0.25, 0.3) is 5.91 Å². The highest BCUT2D eigenvalue weighted by molar-refractivity contribution is 5.95. The molecule has 0 bridgehead atoms. The number of hydrogen-bond donors (Lipinski definition) is 2. The Morgan fingerprint density at radius 3 is 1.89 bits per heavy atom. The number of anilines is 2. The minimum absolute atomic E-state index is 0.0992. The lowest BCUT2D eigenvalue weighted by Gasteiger charge is -2.09. The number of ether oxygens (including phenoxy) is 3. The monoisotopic (exact) mass is 490 g/mol. The molecule has 0 saturated carbocycles. The normalized spacial score (nSPS) is 10.1. The molecule has 0 aliphatic carbocycles. The first kappa shape index (κ1) is 26.0. The summed E-state index contributed by atoms with van der Waals surface area (Å²) >= 11 is 0. The molecule has 0 heterocycles. The summed E-state index contributed by atoms with van der Waals surface area (Å²) in [6.07, 6.45) is -0.277. The number of carbonyl (C=O) groups is 4. The molecule has 0 spiro atoms. The van der Waals surface area contributed by atoms with Gasteiger partial charge in [0.2, 0.25) is 5.91 Å². The zero-order valence-corrected chi connectivity index (χ0v) is 19.7. The lowest BCUT2D eigenvalue weighted by atomic mass is 10.2. The van der Waals surface area contributed by atoms with Crippen molar-refractivity contribution in [2.75, 3.05) is 23.8 Å². The molecule has 0 aliphatic rings. The SMILES string of the molecule is CCOC(=O)c1ccc(NC(=O)COC(=O)CCC(=O)Nc2ccc(Oc3ccccc3)cc2)cc1. The van der Waals surface area contributed by atoms with Crippen molar-refractivity contribution in [3.8, 4) is 11.5 Å². The second kappa shape index (κ2) is 13.3. The average Bonchev–Trinajstić information content (AvgIpc) is 2.88. The van der Waals surface area contributed by atoms with Gasteiger partial charge in [-0.2, -0.15) is 0 Å². The molecule has 0 aliphatic heterocycles. The Labute approximate surface area is 208 Å². The van der Waals surface area contributed by atoms with Crippen molar-refractivity contribution in [2.45, 2.75) is 19.8 Å². The number of hydrogen-bond acceptors (Lipinski definition) is 7. The van der Waals surface area contributed by atoms with Gasteiger partial charge in [-0.05, 0) is 67.6 Å². The van der Waals surface area contributed by atoms with Crippen LogP contribution in [0.25, 0.3) is 0 Å². The van der Waals surface area contributed by atoms with Gasteiger partial charge in [0.1, 0.15) is 11.5 Å². The molecule has 0 aromatic heterocycles.